The summed E-state index contributed by atoms with van der Waals surface area (Å²) >= 11 is 0. The van der Waals surface area contributed by atoms with E-state index in [4.69, 9.17) is 9.15 Å². The Bertz CT molecular complexity index is 706. The van der Waals surface area contributed by atoms with Crippen LogP contribution in [0.25, 0.3) is 11.5 Å². The Labute approximate surface area is 131 Å². The van der Waals surface area contributed by atoms with Crippen LogP contribution in [0.1, 0.15) is 12.8 Å². The summed E-state index contributed by atoms with van der Waals surface area (Å²) in [5.41, 5.74) is 0.587. The smallest absolute Gasteiger partial charge is 0.325 e. The number of nitrogens with one attached hydrogen (secondary N) is 1. The highest BCUT2D eigenvalue weighted by Gasteiger charge is 2.36. The largest absolute Gasteiger partial charge is 0.403 e. The van der Waals surface area contributed by atoms with E-state index in [1.165, 1.54) is 24.3 Å². The van der Waals surface area contributed by atoms with E-state index in [0.717, 1.165) is 12.8 Å². The summed E-state index contributed by atoms with van der Waals surface area (Å²) in [5, 5.41) is 10.3. The van der Waals surface area contributed by atoms with E-state index >= 15 is 0 Å². The molecule has 0 radical (unpaired) electrons. The molecule has 8 heteroatoms. The van der Waals surface area contributed by atoms with E-state index in [1.54, 1.807) is 4.90 Å². The maximum atomic E-state index is 12.9. The van der Waals surface area contributed by atoms with E-state index in [2.05, 4.69) is 15.5 Å². The van der Waals surface area contributed by atoms with Crippen LogP contribution < -0.4 is 5.32 Å². The number of urea groups is 1. The Hall–Kier alpha value is -2.48. The van der Waals surface area contributed by atoms with Crippen LogP contribution in [0.15, 0.2) is 28.7 Å². The van der Waals surface area contributed by atoms with Crippen molar-refractivity contribution >= 4 is 12.0 Å². The fourth-order valence-corrected chi connectivity index (χ4v) is 2.93. The van der Waals surface area contributed by atoms with Gasteiger partial charge in [0.25, 0.3) is 0 Å². The van der Waals surface area contributed by atoms with E-state index < -0.39 is 0 Å². The zero-order valence-electron chi connectivity index (χ0n) is 12.2. The number of rotatable bonds is 2. The lowest BCUT2D eigenvalue weighted by Crippen LogP contribution is -2.47. The number of likely N-dealkylation sites (tertiary alicyclic amines) is 1. The van der Waals surface area contributed by atoms with Crippen molar-refractivity contribution in [2.75, 3.05) is 18.4 Å². The van der Waals surface area contributed by atoms with Gasteiger partial charge >= 0.3 is 12.0 Å². The molecule has 1 N–H and O–H groups in total. The molecule has 2 amide bonds. The number of carbonyl (C=O) groups excluding carboxylic acids is 1. The lowest BCUT2D eigenvalue weighted by Gasteiger charge is -2.31. The highest BCUT2D eigenvalue weighted by atomic mass is 19.1. The third-order valence-electron chi connectivity index (χ3n) is 4.06. The number of hydrogen-bond acceptors (Lipinski definition) is 5. The SMILES string of the molecule is O=C(Nc1nnc(-c2ccc(F)cc2)o1)N1CC2CCC(C1)O2. The van der Waals surface area contributed by atoms with Gasteiger partial charge in [0.15, 0.2) is 0 Å². The number of fused-ring (bicyclic) bond motifs is 2. The molecule has 4 rings (SSSR count). The minimum Gasteiger partial charge on any atom is -0.403 e. The van der Waals surface area contributed by atoms with Gasteiger partial charge in [-0.05, 0) is 37.1 Å². The van der Waals surface area contributed by atoms with Crippen LogP contribution in [0.2, 0.25) is 0 Å². The molecular weight excluding hydrogens is 303 g/mol. The molecule has 2 bridgehead atoms. The summed E-state index contributed by atoms with van der Waals surface area (Å²) in [4.78, 5) is 14.0. The number of nitrogens with zero attached hydrogens (tertiary/aromatic N) is 3. The van der Waals surface area contributed by atoms with Gasteiger partial charge < -0.3 is 14.1 Å². The second-order valence-corrected chi connectivity index (χ2v) is 5.71. The predicted molar refractivity (Wildman–Crippen MR) is 78.2 cm³/mol. The van der Waals surface area contributed by atoms with Crippen molar-refractivity contribution in [3.05, 3.63) is 30.1 Å². The first kappa shape index (κ1) is 14.1. The number of benzene rings is 1. The van der Waals surface area contributed by atoms with Crippen molar-refractivity contribution < 1.29 is 18.3 Å². The topological polar surface area (TPSA) is 80.5 Å². The van der Waals surface area contributed by atoms with E-state index in [-0.39, 0.29) is 36.0 Å². The van der Waals surface area contributed by atoms with Gasteiger partial charge in [0.2, 0.25) is 5.89 Å². The van der Waals surface area contributed by atoms with Gasteiger partial charge in [0.1, 0.15) is 5.82 Å². The monoisotopic (exact) mass is 318 g/mol. The van der Waals surface area contributed by atoms with Crippen molar-refractivity contribution in [1.29, 1.82) is 0 Å². The van der Waals surface area contributed by atoms with Gasteiger partial charge in [0.05, 0.1) is 12.2 Å². The average molecular weight is 318 g/mol. The normalized spacial score (nSPS) is 23.1. The summed E-state index contributed by atoms with van der Waals surface area (Å²) in [5.74, 6) is -0.119. The molecule has 0 aliphatic carbocycles. The molecule has 1 aromatic heterocycles. The molecule has 0 saturated carbocycles. The second kappa shape index (κ2) is 5.62. The zero-order valence-corrected chi connectivity index (χ0v) is 12.2. The second-order valence-electron chi connectivity index (χ2n) is 5.71. The first-order valence-electron chi connectivity index (χ1n) is 7.48. The molecule has 2 aliphatic rings. The lowest BCUT2D eigenvalue weighted by atomic mass is 10.2. The van der Waals surface area contributed by atoms with Crippen molar-refractivity contribution in [3.63, 3.8) is 0 Å². The number of halogens is 1. The highest BCUT2D eigenvalue weighted by molar-refractivity contribution is 5.87. The molecule has 120 valence electrons. The number of hydrogen-bond donors (Lipinski definition) is 1. The van der Waals surface area contributed by atoms with Gasteiger partial charge in [-0.2, -0.15) is 0 Å². The van der Waals surface area contributed by atoms with Crippen LogP contribution in [-0.2, 0) is 4.74 Å². The zero-order chi connectivity index (χ0) is 15.8. The van der Waals surface area contributed by atoms with Gasteiger partial charge in [-0.15, -0.1) is 5.10 Å². The summed E-state index contributed by atoms with van der Waals surface area (Å²) in [7, 11) is 0. The van der Waals surface area contributed by atoms with Crippen LogP contribution in [0.5, 0.6) is 0 Å². The Kier molecular flexibility index (Phi) is 3.45. The quantitative estimate of drug-likeness (QED) is 0.919. The van der Waals surface area contributed by atoms with Gasteiger partial charge in [0, 0.05) is 18.7 Å². The predicted octanol–water partition coefficient (Wildman–Crippen LogP) is 2.27. The Morgan fingerprint density at radius 1 is 1.17 bits per heavy atom. The lowest BCUT2D eigenvalue weighted by molar-refractivity contribution is -0.0220. The van der Waals surface area contributed by atoms with Crippen LogP contribution in [0.4, 0.5) is 15.2 Å². The molecule has 0 spiro atoms. The molecule has 23 heavy (non-hydrogen) atoms. The third-order valence-corrected chi connectivity index (χ3v) is 4.06. The molecular formula is C15H15FN4O3. The van der Waals surface area contributed by atoms with Gasteiger partial charge in [-0.1, -0.05) is 5.10 Å². The fraction of sp³-hybridized carbons (Fsp3) is 0.400. The highest BCUT2D eigenvalue weighted by Crippen LogP contribution is 2.27. The van der Waals surface area contributed by atoms with Crippen molar-refractivity contribution in [2.24, 2.45) is 0 Å². The van der Waals surface area contributed by atoms with E-state index in [9.17, 15) is 9.18 Å². The van der Waals surface area contributed by atoms with Crippen LogP contribution in [0.3, 0.4) is 0 Å². The molecule has 3 heterocycles. The number of morpholine rings is 1. The number of ether oxygens (including phenoxy) is 1. The molecule has 2 unspecified atom stereocenters. The third kappa shape index (κ3) is 2.89. The van der Waals surface area contributed by atoms with E-state index in [1.807, 2.05) is 0 Å². The minimum atomic E-state index is -0.344. The summed E-state index contributed by atoms with van der Waals surface area (Å²) in [6.45, 7) is 1.14. The molecule has 2 fully saturated rings. The summed E-state index contributed by atoms with van der Waals surface area (Å²) in [6, 6.07) is 5.43. The molecule has 2 aromatic rings. The Morgan fingerprint density at radius 2 is 1.87 bits per heavy atom. The Balaban J connectivity index is 1.43. The first-order valence-corrected chi connectivity index (χ1v) is 7.48. The maximum absolute atomic E-state index is 12.9. The van der Waals surface area contributed by atoms with Gasteiger partial charge in [-0.3, -0.25) is 5.32 Å². The van der Waals surface area contributed by atoms with Crippen molar-refractivity contribution in [1.82, 2.24) is 15.1 Å². The number of anilines is 1. The molecule has 2 aliphatic heterocycles. The molecule has 1 aromatic carbocycles. The Morgan fingerprint density at radius 3 is 2.57 bits per heavy atom. The summed E-state index contributed by atoms with van der Waals surface area (Å²) in [6.07, 6.45) is 2.22. The molecule has 2 atom stereocenters. The number of aromatic nitrogens is 2. The maximum Gasteiger partial charge on any atom is 0.325 e. The first-order chi connectivity index (χ1) is 11.2. The van der Waals surface area contributed by atoms with Crippen LogP contribution in [-0.4, -0.2) is 46.4 Å². The van der Waals surface area contributed by atoms with Crippen LogP contribution >= 0.6 is 0 Å². The number of carbonyl (C=O) groups is 1. The number of amides is 2. The van der Waals surface area contributed by atoms with Crippen molar-refractivity contribution in [3.8, 4) is 11.5 Å². The fourth-order valence-electron chi connectivity index (χ4n) is 2.93. The molecule has 2 saturated heterocycles. The van der Waals surface area contributed by atoms with Gasteiger partial charge in [-0.25, -0.2) is 9.18 Å². The van der Waals surface area contributed by atoms with Crippen molar-refractivity contribution in [2.45, 2.75) is 25.0 Å². The van der Waals surface area contributed by atoms with E-state index in [0.29, 0.717) is 18.7 Å². The summed E-state index contributed by atoms with van der Waals surface area (Å²) < 4.78 is 24.0. The minimum absolute atomic E-state index is 0.0214. The standard InChI is InChI=1S/C15H15FN4O3/c16-10-3-1-9(2-4-10)13-18-19-14(23-13)17-15(21)20-7-11-5-6-12(8-20)22-11/h1-4,11-12H,5-8H2,(H,17,19,21). The average Bonchev–Trinajstić information content (AvgIpc) is 3.14. The molecule has 7 nitrogen and oxygen atoms in total. The van der Waals surface area contributed by atoms with Crippen LogP contribution in [0, 0.1) is 5.82 Å².